The topological polar surface area (TPSA) is 94.2 Å². The van der Waals surface area contributed by atoms with Gasteiger partial charge in [-0.15, -0.1) is 0 Å². The second kappa shape index (κ2) is 8.06. The first-order chi connectivity index (χ1) is 11.9. The standard InChI is InChI=1S/C16H19ClN2O6/c1-23-12-7-9(6-10(17)14(12)25-3)16(22)19-5-4-18-15(21)11(19)8-13(20)24-2/h6-7,11H,4-5,8H2,1-3H3,(H,18,21). The summed E-state index contributed by atoms with van der Waals surface area (Å²) in [6, 6.07) is 1.97. The molecule has 1 saturated heterocycles. The number of nitrogens with zero attached hydrogens (tertiary/aromatic N) is 1. The van der Waals surface area contributed by atoms with E-state index in [0.717, 1.165) is 0 Å². The average molecular weight is 371 g/mol. The smallest absolute Gasteiger partial charge is 0.308 e. The van der Waals surface area contributed by atoms with Gasteiger partial charge < -0.3 is 24.4 Å². The van der Waals surface area contributed by atoms with Gasteiger partial charge >= 0.3 is 5.97 Å². The van der Waals surface area contributed by atoms with E-state index >= 15 is 0 Å². The summed E-state index contributed by atoms with van der Waals surface area (Å²) >= 11 is 6.14. The van der Waals surface area contributed by atoms with Crippen LogP contribution < -0.4 is 14.8 Å². The minimum atomic E-state index is -0.944. The lowest BCUT2D eigenvalue weighted by Crippen LogP contribution is -2.57. The minimum absolute atomic E-state index is 0.205. The van der Waals surface area contributed by atoms with Gasteiger partial charge in [-0.05, 0) is 12.1 Å². The van der Waals surface area contributed by atoms with E-state index in [9.17, 15) is 14.4 Å². The largest absolute Gasteiger partial charge is 0.493 e. The van der Waals surface area contributed by atoms with Crippen molar-refractivity contribution >= 4 is 29.4 Å². The van der Waals surface area contributed by atoms with E-state index in [1.165, 1.54) is 38.4 Å². The Bertz CT molecular complexity index is 693. The van der Waals surface area contributed by atoms with Gasteiger partial charge in [0.1, 0.15) is 6.04 Å². The summed E-state index contributed by atoms with van der Waals surface area (Å²) in [6.07, 6.45) is -0.227. The van der Waals surface area contributed by atoms with Gasteiger partial charge in [0.2, 0.25) is 5.91 Å². The van der Waals surface area contributed by atoms with Crippen molar-refractivity contribution in [3.63, 3.8) is 0 Å². The maximum Gasteiger partial charge on any atom is 0.308 e. The SMILES string of the molecule is COC(=O)CC1C(=O)NCCN1C(=O)c1cc(Cl)c(OC)c(OC)c1. The van der Waals surface area contributed by atoms with E-state index in [0.29, 0.717) is 18.0 Å². The van der Waals surface area contributed by atoms with E-state index in [-0.39, 0.29) is 23.6 Å². The molecule has 1 aliphatic rings. The Morgan fingerprint density at radius 2 is 2.00 bits per heavy atom. The highest BCUT2D eigenvalue weighted by Crippen LogP contribution is 2.36. The van der Waals surface area contributed by atoms with Crippen LogP contribution in [0.1, 0.15) is 16.8 Å². The molecule has 1 atom stereocenters. The zero-order valence-electron chi connectivity index (χ0n) is 14.1. The van der Waals surface area contributed by atoms with Crippen LogP contribution >= 0.6 is 11.6 Å². The van der Waals surface area contributed by atoms with Gasteiger partial charge in [-0.2, -0.15) is 0 Å². The van der Waals surface area contributed by atoms with Crippen LogP contribution in [0.25, 0.3) is 0 Å². The van der Waals surface area contributed by atoms with Gasteiger partial charge in [-0.25, -0.2) is 0 Å². The van der Waals surface area contributed by atoms with Crippen LogP contribution in [-0.2, 0) is 14.3 Å². The Kier molecular flexibility index (Phi) is 6.08. The normalized spacial score (nSPS) is 16.9. The maximum atomic E-state index is 12.9. The monoisotopic (exact) mass is 370 g/mol. The van der Waals surface area contributed by atoms with Crippen molar-refractivity contribution < 1.29 is 28.6 Å². The molecule has 1 aromatic rings. The number of ether oxygens (including phenoxy) is 3. The van der Waals surface area contributed by atoms with Crippen molar-refractivity contribution in [1.29, 1.82) is 0 Å². The van der Waals surface area contributed by atoms with Crippen LogP contribution in [0.3, 0.4) is 0 Å². The fraction of sp³-hybridized carbons (Fsp3) is 0.438. The number of rotatable bonds is 5. The zero-order valence-corrected chi connectivity index (χ0v) is 14.9. The van der Waals surface area contributed by atoms with Crippen molar-refractivity contribution in [3.8, 4) is 11.5 Å². The third-order valence-electron chi connectivity index (χ3n) is 3.86. The lowest BCUT2D eigenvalue weighted by atomic mass is 10.1. The predicted octanol–water partition coefficient (Wildman–Crippen LogP) is 0.861. The zero-order chi connectivity index (χ0) is 18.6. The third kappa shape index (κ3) is 3.96. The van der Waals surface area contributed by atoms with Crippen molar-refractivity contribution in [3.05, 3.63) is 22.7 Å². The summed E-state index contributed by atoms with van der Waals surface area (Å²) in [4.78, 5) is 37.9. The van der Waals surface area contributed by atoms with E-state index < -0.39 is 23.8 Å². The van der Waals surface area contributed by atoms with Crippen LogP contribution in [0, 0.1) is 0 Å². The molecule has 2 rings (SSSR count). The number of hydrogen-bond acceptors (Lipinski definition) is 6. The quantitative estimate of drug-likeness (QED) is 0.773. The average Bonchev–Trinajstić information content (AvgIpc) is 2.61. The molecule has 2 amide bonds. The highest BCUT2D eigenvalue weighted by atomic mass is 35.5. The first kappa shape index (κ1) is 18.9. The van der Waals surface area contributed by atoms with Gasteiger partial charge in [-0.3, -0.25) is 14.4 Å². The van der Waals surface area contributed by atoms with Gasteiger partial charge in [-0.1, -0.05) is 11.6 Å². The number of piperazine rings is 1. The van der Waals surface area contributed by atoms with Gasteiger partial charge in [0, 0.05) is 18.7 Å². The van der Waals surface area contributed by atoms with Gasteiger partial charge in [0.25, 0.3) is 5.91 Å². The lowest BCUT2D eigenvalue weighted by Gasteiger charge is -2.34. The number of esters is 1. The molecule has 0 saturated carbocycles. The number of carbonyl (C=O) groups excluding carboxylic acids is 3. The first-order valence-electron chi connectivity index (χ1n) is 7.50. The number of benzene rings is 1. The summed E-state index contributed by atoms with van der Waals surface area (Å²) in [5.41, 5.74) is 0.229. The fourth-order valence-electron chi connectivity index (χ4n) is 2.61. The molecule has 1 fully saturated rings. The minimum Gasteiger partial charge on any atom is -0.493 e. The summed E-state index contributed by atoms with van der Waals surface area (Å²) in [6.45, 7) is 0.557. The number of hydrogen-bond donors (Lipinski definition) is 1. The van der Waals surface area contributed by atoms with Gasteiger partial charge in [0.15, 0.2) is 11.5 Å². The molecule has 0 bridgehead atoms. The molecule has 1 N–H and O–H groups in total. The molecule has 0 aliphatic carbocycles. The van der Waals surface area contributed by atoms with Crippen LogP contribution in [0.2, 0.25) is 5.02 Å². The molecule has 0 aromatic heterocycles. The molecule has 1 aromatic carbocycles. The van der Waals surface area contributed by atoms with Crippen LogP contribution in [0.5, 0.6) is 11.5 Å². The van der Waals surface area contributed by atoms with Crippen LogP contribution in [-0.4, -0.2) is 63.1 Å². The number of amides is 2. The van der Waals surface area contributed by atoms with Crippen LogP contribution in [0.4, 0.5) is 0 Å². The van der Waals surface area contributed by atoms with Crippen molar-refractivity contribution in [2.45, 2.75) is 12.5 Å². The van der Waals surface area contributed by atoms with Crippen molar-refractivity contribution in [2.75, 3.05) is 34.4 Å². The number of nitrogens with one attached hydrogen (secondary N) is 1. The summed E-state index contributed by atoms with van der Waals surface area (Å²) in [5, 5.41) is 2.84. The molecule has 1 unspecified atom stereocenters. The first-order valence-corrected chi connectivity index (χ1v) is 7.87. The molecular weight excluding hydrogens is 352 g/mol. The molecule has 136 valence electrons. The molecule has 1 heterocycles. The Labute approximate surface area is 150 Å². The highest BCUT2D eigenvalue weighted by Gasteiger charge is 2.35. The molecule has 1 aliphatic heterocycles. The Hall–Kier alpha value is -2.48. The Morgan fingerprint density at radius 3 is 2.60 bits per heavy atom. The molecular formula is C16H19ClN2O6. The number of carbonyl (C=O) groups is 3. The Balaban J connectivity index is 2.35. The second-order valence-corrected chi connectivity index (χ2v) is 5.69. The molecule has 9 heteroatoms. The van der Waals surface area contributed by atoms with E-state index in [2.05, 4.69) is 10.1 Å². The van der Waals surface area contributed by atoms with E-state index in [4.69, 9.17) is 21.1 Å². The maximum absolute atomic E-state index is 12.9. The lowest BCUT2D eigenvalue weighted by molar-refractivity contribution is -0.145. The fourth-order valence-corrected chi connectivity index (χ4v) is 2.90. The molecule has 8 nitrogen and oxygen atoms in total. The summed E-state index contributed by atoms with van der Waals surface area (Å²) in [7, 11) is 4.09. The summed E-state index contributed by atoms with van der Waals surface area (Å²) in [5.74, 6) is -0.819. The van der Waals surface area contributed by atoms with E-state index in [1.54, 1.807) is 0 Å². The molecule has 25 heavy (non-hydrogen) atoms. The number of halogens is 1. The Morgan fingerprint density at radius 1 is 1.28 bits per heavy atom. The highest BCUT2D eigenvalue weighted by molar-refractivity contribution is 6.32. The predicted molar refractivity (Wildman–Crippen MR) is 89.0 cm³/mol. The van der Waals surface area contributed by atoms with Crippen LogP contribution in [0.15, 0.2) is 12.1 Å². The van der Waals surface area contributed by atoms with Crippen molar-refractivity contribution in [2.24, 2.45) is 0 Å². The molecule has 0 spiro atoms. The van der Waals surface area contributed by atoms with Crippen molar-refractivity contribution in [1.82, 2.24) is 10.2 Å². The summed E-state index contributed by atoms with van der Waals surface area (Å²) < 4.78 is 14.9. The van der Waals surface area contributed by atoms with Gasteiger partial charge in [0.05, 0.1) is 32.8 Å². The van der Waals surface area contributed by atoms with E-state index in [1.807, 2.05) is 0 Å². The number of methoxy groups -OCH3 is 3. The second-order valence-electron chi connectivity index (χ2n) is 5.28. The molecule has 0 radical (unpaired) electrons. The third-order valence-corrected chi connectivity index (χ3v) is 4.14.